The average molecular weight is 517 g/mol. The van der Waals surface area contributed by atoms with Gasteiger partial charge in [0.15, 0.2) is 0 Å². The Labute approximate surface area is 225 Å². The Morgan fingerprint density at radius 3 is 2.45 bits per heavy atom. The minimum Gasteiger partial charge on any atom is -0.384 e. The van der Waals surface area contributed by atoms with Crippen LogP contribution in [0.25, 0.3) is 10.9 Å². The third kappa shape index (κ3) is 7.10. The predicted octanol–water partition coefficient (Wildman–Crippen LogP) is 5.97. The van der Waals surface area contributed by atoms with Crippen LogP contribution in [0.1, 0.15) is 74.5 Å². The van der Waals surface area contributed by atoms with E-state index in [9.17, 15) is 9.59 Å². The molecule has 1 saturated carbocycles. The number of pyridine rings is 1. The minimum absolute atomic E-state index is 0.0402. The molecule has 0 saturated heterocycles. The van der Waals surface area contributed by atoms with Crippen LogP contribution in [0.2, 0.25) is 0 Å². The second kappa shape index (κ2) is 11.9. The number of nitrogens with one attached hydrogen (secondary N) is 3. The van der Waals surface area contributed by atoms with Gasteiger partial charge in [-0.05, 0) is 69.0 Å². The number of carbonyl (C=O) groups excluding carboxylic acids is 2. The van der Waals surface area contributed by atoms with E-state index in [2.05, 4.69) is 67.9 Å². The van der Waals surface area contributed by atoms with Crippen molar-refractivity contribution in [2.24, 2.45) is 0 Å². The Kier molecular flexibility index (Phi) is 8.67. The highest BCUT2D eigenvalue weighted by molar-refractivity contribution is 5.97. The predicted molar refractivity (Wildman–Crippen MR) is 154 cm³/mol. The van der Waals surface area contributed by atoms with Crippen LogP contribution in [-0.4, -0.2) is 42.6 Å². The molecule has 7 nitrogen and oxygen atoms in total. The highest BCUT2D eigenvalue weighted by Gasteiger charge is 2.25. The molecule has 1 fully saturated rings. The van der Waals surface area contributed by atoms with Crippen LogP contribution in [0.15, 0.2) is 48.5 Å². The molecule has 2 aromatic carbocycles. The van der Waals surface area contributed by atoms with Gasteiger partial charge >= 0.3 is 0 Å². The van der Waals surface area contributed by atoms with Crippen molar-refractivity contribution in [2.75, 3.05) is 24.4 Å². The van der Waals surface area contributed by atoms with Gasteiger partial charge in [-0.1, -0.05) is 38.5 Å². The van der Waals surface area contributed by atoms with Crippen molar-refractivity contribution in [3.63, 3.8) is 0 Å². The molecule has 0 aliphatic heterocycles. The van der Waals surface area contributed by atoms with Crippen molar-refractivity contribution in [1.29, 1.82) is 0 Å². The molecule has 2 amide bonds. The van der Waals surface area contributed by atoms with Crippen LogP contribution >= 0.6 is 0 Å². The second-order valence-corrected chi connectivity index (χ2v) is 11.4. The van der Waals surface area contributed by atoms with Crippen LogP contribution in [-0.2, 0) is 14.9 Å². The summed E-state index contributed by atoms with van der Waals surface area (Å²) in [6.45, 7) is 9.05. The minimum atomic E-state index is -0.137. The number of hydrogen-bond acceptors (Lipinski definition) is 5. The van der Waals surface area contributed by atoms with Crippen LogP contribution in [0.5, 0.6) is 0 Å². The summed E-state index contributed by atoms with van der Waals surface area (Å²) in [6.07, 6.45) is 4.04. The number of aromatic nitrogens is 1. The fraction of sp³-hybridized carbons (Fsp3) is 0.452. The number of carbonyl (C=O) groups is 2. The van der Waals surface area contributed by atoms with Crippen LogP contribution < -0.4 is 16.0 Å². The van der Waals surface area contributed by atoms with E-state index in [0.29, 0.717) is 23.9 Å². The van der Waals surface area contributed by atoms with Gasteiger partial charge in [-0.2, -0.15) is 0 Å². The lowest BCUT2D eigenvalue weighted by molar-refractivity contribution is -0.117. The lowest BCUT2D eigenvalue weighted by Gasteiger charge is -2.31. The van der Waals surface area contributed by atoms with Crippen molar-refractivity contribution in [2.45, 2.75) is 77.3 Å². The molecule has 202 valence electrons. The maximum absolute atomic E-state index is 12.9. The number of benzene rings is 2. The third-order valence-corrected chi connectivity index (χ3v) is 7.10. The Morgan fingerprint density at radius 1 is 1.00 bits per heavy atom. The van der Waals surface area contributed by atoms with Gasteiger partial charge in [0.05, 0.1) is 18.5 Å². The van der Waals surface area contributed by atoms with Crippen LogP contribution in [0.4, 0.5) is 11.4 Å². The molecule has 0 radical (unpaired) electrons. The quantitative estimate of drug-likeness (QED) is 0.343. The molecule has 0 spiro atoms. The van der Waals surface area contributed by atoms with E-state index in [0.717, 1.165) is 48.0 Å². The Morgan fingerprint density at radius 2 is 1.74 bits per heavy atom. The number of amides is 2. The molecule has 4 rings (SSSR count). The fourth-order valence-corrected chi connectivity index (χ4v) is 4.87. The molecule has 3 aromatic rings. The maximum Gasteiger partial charge on any atom is 0.251 e. The number of aryl methyl sites for hydroxylation is 1. The first kappa shape index (κ1) is 27.6. The number of hydrogen-bond donors (Lipinski definition) is 3. The molecule has 1 aliphatic rings. The molecule has 0 unspecified atom stereocenters. The van der Waals surface area contributed by atoms with Gasteiger partial charge in [-0.15, -0.1) is 0 Å². The standard InChI is InChI=1S/C31H40N4O3/c1-20-9-14-26-25(17-20)27(19-28(35-26)31(2,3)4)32-22-10-12-23(13-11-22)34-30(37)21-7-6-8-24(18-21)33-29(36)15-16-38-5/h6-9,14,17-19,22-23H,10-13,15-16H2,1-5H3,(H,32,35)(H,33,36)(H,34,37). The Balaban J connectivity index is 1.36. The van der Waals surface area contributed by atoms with Crippen LogP contribution in [0, 0.1) is 6.92 Å². The van der Waals surface area contributed by atoms with E-state index in [1.165, 1.54) is 5.56 Å². The van der Waals surface area contributed by atoms with E-state index < -0.39 is 0 Å². The van der Waals surface area contributed by atoms with Crippen molar-refractivity contribution in [3.05, 3.63) is 65.4 Å². The summed E-state index contributed by atoms with van der Waals surface area (Å²) < 4.78 is 4.95. The summed E-state index contributed by atoms with van der Waals surface area (Å²) in [5, 5.41) is 11.0. The number of fused-ring (bicyclic) bond motifs is 1. The van der Waals surface area contributed by atoms with E-state index in [-0.39, 0.29) is 29.7 Å². The Bertz CT molecular complexity index is 1290. The lowest BCUT2D eigenvalue weighted by atomic mass is 9.89. The first-order valence-corrected chi connectivity index (χ1v) is 13.5. The van der Waals surface area contributed by atoms with E-state index in [1.54, 1.807) is 31.4 Å². The molecule has 1 heterocycles. The normalized spacial score (nSPS) is 17.7. The summed E-state index contributed by atoms with van der Waals surface area (Å²) in [4.78, 5) is 29.9. The number of rotatable bonds is 8. The van der Waals surface area contributed by atoms with Crippen LogP contribution in [0.3, 0.4) is 0 Å². The molecule has 0 atom stereocenters. The number of ether oxygens (including phenoxy) is 1. The molecule has 1 aliphatic carbocycles. The first-order chi connectivity index (χ1) is 18.1. The highest BCUT2D eigenvalue weighted by atomic mass is 16.5. The van der Waals surface area contributed by atoms with Crippen molar-refractivity contribution >= 4 is 34.1 Å². The van der Waals surface area contributed by atoms with Gasteiger partial charge in [-0.3, -0.25) is 14.6 Å². The van der Waals surface area contributed by atoms with Crippen molar-refractivity contribution < 1.29 is 14.3 Å². The largest absolute Gasteiger partial charge is 0.384 e. The smallest absolute Gasteiger partial charge is 0.251 e. The van der Waals surface area contributed by atoms with Gasteiger partial charge in [0, 0.05) is 52.6 Å². The summed E-state index contributed by atoms with van der Waals surface area (Å²) in [6, 6.07) is 16.2. The molecule has 3 N–H and O–H groups in total. The fourth-order valence-electron chi connectivity index (χ4n) is 4.87. The monoisotopic (exact) mass is 516 g/mol. The van der Waals surface area contributed by atoms with E-state index >= 15 is 0 Å². The van der Waals surface area contributed by atoms with Gasteiger partial charge in [-0.25, -0.2) is 0 Å². The molecule has 1 aromatic heterocycles. The number of nitrogens with zero attached hydrogens (tertiary/aromatic N) is 1. The molecule has 0 bridgehead atoms. The summed E-state index contributed by atoms with van der Waals surface area (Å²) >= 11 is 0. The van der Waals surface area contributed by atoms with E-state index in [4.69, 9.17) is 9.72 Å². The first-order valence-electron chi connectivity index (χ1n) is 13.5. The molecule has 7 heteroatoms. The highest BCUT2D eigenvalue weighted by Crippen LogP contribution is 2.32. The topological polar surface area (TPSA) is 92.3 Å². The molecule has 38 heavy (non-hydrogen) atoms. The molecular weight excluding hydrogens is 476 g/mol. The molecular formula is C31H40N4O3. The Hall–Kier alpha value is -3.45. The zero-order valence-electron chi connectivity index (χ0n) is 23.2. The average Bonchev–Trinajstić information content (AvgIpc) is 2.88. The number of anilines is 2. The van der Waals surface area contributed by atoms with Gasteiger partial charge in [0.2, 0.25) is 5.91 Å². The maximum atomic E-state index is 12.9. The second-order valence-electron chi connectivity index (χ2n) is 11.4. The van der Waals surface area contributed by atoms with Gasteiger partial charge in [0.25, 0.3) is 5.91 Å². The van der Waals surface area contributed by atoms with Gasteiger partial charge in [0.1, 0.15) is 0 Å². The summed E-state index contributed by atoms with van der Waals surface area (Å²) in [5.74, 6) is -0.248. The van der Waals surface area contributed by atoms with Crippen molar-refractivity contribution in [1.82, 2.24) is 10.3 Å². The summed E-state index contributed by atoms with van der Waals surface area (Å²) in [5.41, 5.74) is 5.57. The summed E-state index contributed by atoms with van der Waals surface area (Å²) in [7, 11) is 1.56. The van der Waals surface area contributed by atoms with Crippen molar-refractivity contribution in [3.8, 4) is 0 Å². The number of methoxy groups -OCH3 is 1. The third-order valence-electron chi connectivity index (χ3n) is 7.10. The zero-order chi connectivity index (χ0) is 27.3. The SMILES string of the molecule is COCCC(=O)Nc1cccc(C(=O)NC2CCC(Nc3cc(C(C)(C)C)nc4ccc(C)cc34)CC2)c1. The van der Waals surface area contributed by atoms with Gasteiger partial charge < -0.3 is 20.7 Å². The lowest BCUT2D eigenvalue weighted by Crippen LogP contribution is -2.40. The van der Waals surface area contributed by atoms with E-state index in [1.807, 2.05) is 0 Å². The zero-order valence-corrected chi connectivity index (χ0v) is 23.2.